The van der Waals surface area contributed by atoms with Crippen LogP contribution in [0.3, 0.4) is 0 Å². The van der Waals surface area contributed by atoms with Gasteiger partial charge >= 0.3 is 0 Å². The number of anilines is 1. The smallest absolute Gasteiger partial charge is 0.0811 e. The van der Waals surface area contributed by atoms with E-state index in [1.165, 1.54) is 11.3 Å². The summed E-state index contributed by atoms with van der Waals surface area (Å²) in [6, 6.07) is 7.98. The SMILES string of the molecule is N#CCc1cccc2c(N)c(S)sc12. The van der Waals surface area contributed by atoms with Crippen molar-refractivity contribution in [3.05, 3.63) is 23.8 Å². The van der Waals surface area contributed by atoms with E-state index in [9.17, 15) is 0 Å². The number of nitriles is 1. The summed E-state index contributed by atoms with van der Waals surface area (Å²) >= 11 is 5.82. The van der Waals surface area contributed by atoms with Crippen LogP contribution in [0.2, 0.25) is 0 Å². The van der Waals surface area contributed by atoms with Crippen LogP contribution in [0.1, 0.15) is 5.56 Å². The molecule has 2 rings (SSSR count). The summed E-state index contributed by atoms with van der Waals surface area (Å²) in [5.74, 6) is 0. The standard InChI is InChI=1S/C10H8N2S2/c11-5-4-6-2-1-3-7-8(12)10(13)14-9(6)7/h1-3,13H,4,12H2. The van der Waals surface area contributed by atoms with Crippen molar-refractivity contribution in [1.82, 2.24) is 0 Å². The number of nitrogens with two attached hydrogens (primary N) is 1. The Kier molecular flexibility index (Phi) is 2.36. The van der Waals surface area contributed by atoms with Gasteiger partial charge in [0, 0.05) is 10.1 Å². The lowest BCUT2D eigenvalue weighted by molar-refractivity contribution is 1.29. The highest BCUT2D eigenvalue weighted by Crippen LogP contribution is 2.37. The molecule has 0 unspecified atom stereocenters. The van der Waals surface area contributed by atoms with Crippen molar-refractivity contribution in [2.75, 3.05) is 5.73 Å². The largest absolute Gasteiger partial charge is 0.397 e. The first-order chi connectivity index (χ1) is 6.74. The number of hydrogen-bond donors (Lipinski definition) is 2. The van der Waals surface area contributed by atoms with Crippen LogP contribution >= 0.6 is 24.0 Å². The third-order valence-electron chi connectivity index (χ3n) is 2.09. The number of nitrogen functional groups attached to an aromatic ring is 1. The Labute approximate surface area is 91.4 Å². The predicted octanol–water partition coefficient (Wildman–Crippen LogP) is 2.84. The van der Waals surface area contributed by atoms with Crippen molar-refractivity contribution in [3.8, 4) is 6.07 Å². The maximum atomic E-state index is 8.66. The van der Waals surface area contributed by atoms with Gasteiger partial charge in [-0.15, -0.1) is 24.0 Å². The lowest BCUT2D eigenvalue weighted by atomic mass is 10.1. The van der Waals surface area contributed by atoms with Crippen LogP contribution in [0.15, 0.2) is 22.4 Å². The molecular formula is C10H8N2S2. The van der Waals surface area contributed by atoms with Gasteiger partial charge in [0.2, 0.25) is 0 Å². The summed E-state index contributed by atoms with van der Waals surface area (Å²) in [5.41, 5.74) is 7.60. The fraction of sp³-hybridized carbons (Fsp3) is 0.100. The van der Waals surface area contributed by atoms with Crippen molar-refractivity contribution in [2.45, 2.75) is 10.6 Å². The van der Waals surface area contributed by atoms with Crippen LogP contribution in [-0.2, 0) is 6.42 Å². The average Bonchev–Trinajstić information content (AvgIpc) is 2.46. The Morgan fingerprint density at radius 2 is 2.29 bits per heavy atom. The first-order valence-corrected chi connectivity index (χ1v) is 5.36. The highest BCUT2D eigenvalue weighted by atomic mass is 32.2. The molecule has 70 valence electrons. The fourth-order valence-corrected chi connectivity index (χ4v) is 2.78. The maximum Gasteiger partial charge on any atom is 0.0811 e. The molecule has 1 heterocycles. The van der Waals surface area contributed by atoms with E-state index in [0.717, 1.165) is 19.9 Å². The molecule has 0 radical (unpaired) electrons. The molecule has 2 nitrogen and oxygen atoms in total. The topological polar surface area (TPSA) is 49.8 Å². The van der Waals surface area contributed by atoms with Gasteiger partial charge < -0.3 is 5.73 Å². The fourth-order valence-electron chi connectivity index (χ4n) is 1.41. The van der Waals surface area contributed by atoms with E-state index < -0.39 is 0 Å². The third-order valence-corrected chi connectivity index (χ3v) is 3.70. The number of thiol groups is 1. The molecule has 2 N–H and O–H groups in total. The average molecular weight is 220 g/mol. The van der Waals surface area contributed by atoms with E-state index in [1.54, 1.807) is 0 Å². The van der Waals surface area contributed by atoms with Crippen LogP contribution in [0.25, 0.3) is 10.1 Å². The molecule has 0 saturated carbocycles. The molecule has 0 bridgehead atoms. The van der Waals surface area contributed by atoms with Crippen LogP contribution < -0.4 is 5.73 Å². The van der Waals surface area contributed by atoms with E-state index in [-0.39, 0.29) is 0 Å². The molecule has 0 spiro atoms. The summed E-state index contributed by atoms with van der Waals surface area (Å²) in [7, 11) is 0. The Bertz CT molecular complexity index is 523. The molecular weight excluding hydrogens is 212 g/mol. The number of benzene rings is 1. The van der Waals surface area contributed by atoms with E-state index in [0.29, 0.717) is 12.1 Å². The van der Waals surface area contributed by atoms with Crippen molar-refractivity contribution in [2.24, 2.45) is 0 Å². The summed E-state index contributed by atoms with van der Waals surface area (Å²) in [6.07, 6.45) is 0.421. The Morgan fingerprint density at radius 1 is 1.50 bits per heavy atom. The molecule has 14 heavy (non-hydrogen) atoms. The van der Waals surface area contributed by atoms with E-state index in [4.69, 9.17) is 11.0 Å². The molecule has 2 aromatic rings. The van der Waals surface area contributed by atoms with Gasteiger partial charge in [0.25, 0.3) is 0 Å². The first kappa shape index (κ1) is 9.38. The van der Waals surface area contributed by atoms with Gasteiger partial charge in [-0.3, -0.25) is 0 Å². The van der Waals surface area contributed by atoms with Gasteiger partial charge in [0.1, 0.15) is 0 Å². The molecule has 0 fully saturated rings. The molecule has 0 aliphatic heterocycles. The maximum absolute atomic E-state index is 8.66. The van der Waals surface area contributed by atoms with Crippen molar-refractivity contribution < 1.29 is 0 Å². The van der Waals surface area contributed by atoms with Crippen molar-refractivity contribution >= 4 is 39.7 Å². The number of nitrogens with zero attached hydrogens (tertiary/aromatic N) is 1. The van der Waals surface area contributed by atoms with E-state index >= 15 is 0 Å². The molecule has 4 heteroatoms. The quantitative estimate of drug-likeness (QED) is 0.726. The summed E-state index contributed by atoms with van der Waals surface area (Å²) in [4.78, 5) is 0. The predicted molar refractivity (Wildman–Crippen MR) is 62.8 cm³/mol. The highest BCUT2D eigenvalue weighted by molar-refractivity contribution is 7.83. The number of hydrogen-bond acceptors (Lipinski definition) is 4. The normalized spacial score (nSPS) is 10.3. The number of rotatable bonds is 1. The minimum Gasteiger partial charge on any atom is -0.397 e. The highest BCUT2D eigenvalue weighted by Gasteiger charge is 2.09. The molecule has 1 aromatic heterocycles. The van der Waals surface area contributed by atoms with Gasteiger partial charge in [-0.1, -0.05) is 18.2 Å². The zero-order valence-corrected chi connectivity index (χ0v) is 9.03. The first-order valence-electron chi connectivity index (χ1n) is 4.10. The lowest BCUT2D eigenvalue weighted by Crippen LogP contribution is -1.84. The Hall–Kier alpha value is -1.18. The van der Waals surface area contributed by atoms with E-state index in [1.807, 2.05) is 18.2 Å². The second kappa shape index (κ2) is 3.52. The Morgan fingerprint density at radius 3 is 3.00 bits per heavy atom. The zero-order chi connectivity index (χ0) is 10.1. The minimum atomic E-state index is 0.421. The minimum absolute atomic E-state index is 0.421. The molecule has 0 saturated heterocycles. The summed E-state index contributed by atoms with van der Waals surface area (Å²) < 4.78 is 1.90. The van der Waals surface area contributed by atoms with Crippen LogP contribution in [0.4, 0.5) is 5.69 Å². The second-order valence-corrected chi connectivity index (χ2v) is 4.72. The van der Waals surface area contributed by atoms with Crippen molar-refractivity contribution in [3.63, 3.8) is 0 Å². The van der Waals surface area contributed by atoms with Gasteiger partial charge in [0.15, 0.2) is 0 Å². The molecule has 1 aromatic carbocycles. The van der Waals surface area contributed by atoms with E-state index in [2.05, 4.69) is 18.7 Å². The van der Waals surface area contributed by atoms with Gasteiger partial charge in [0.05, 0.1) is 22.4 Å². The molecule has 0 amide bonds. The van der Waals surface area contributed by atoms with Crippen molar-refractivity contribution in [1.29, 1.82) is 5.26 Å². The summed E-state index contributed by atoms with van der Waals surface area (Å²) in [6.45, 7) is 0. The summed E-state index contributed by atoms with van der Waals surface area (Å²) in [5, 5.41) is 9.67. The number of thiophene rings is 1. The molecule has 0 atom stereocenters. The lowest BCUT2D eigenvalue weighted by Gasteiger charge is -1.96. The third kappa shape index (κ3) is 1.35. The molecule has 0 aliphatic rings. The zero-order valence-electron chi connectivity index (χ0n) is 7.32. The second-order valence-electron chi connectivity index (χ2n) is 2.95. The monoisotopic (exact) mass is 220 g/mol. The van der Waals surface area contributed by atoms with Crippen LogP contribution in [0.5, 0.6) is 0 Å². The van der Waals surface area contributed by atoms with Crippen LogP contribution in [-0.4, -0.2) is 0 Å². The van der Waals surface area contributed by atoms with Gasteiger partial charge in [-0.2, -0.15) is 5.26 Å². The van der Waals surface area contributed by atoms with Crippen LogP contribution in [0, 0.1) is 11.3 Å². The van der Waals surface area contributed by atoms with Gasteiger partial charge in [-0.25, -0.2) is 0 Å². The Balaban J connectivity index is 2.76. The molecule has 0 aliphatic carbocycles. The van der Waals surface area contributed by atoms with Gasteiger partial charge in [-0.05, 0) is 5.56 Å². The number of fused-ring (bicyclic) bond motifs is 1.